The Bertz CT molecular complexity index is 624. The van der Waals surface area contributed by atoms with Crippen molar-refractivity contribution >= 4 is 0 Å². The van der Waals surface area contributed by atoms with E-state index in [1.165, 1.54) is 0 Å². The van der Waals surface area contributed by atoms with Gasteiger partial charge in [-0.05, 0) is 50.4 Å². The summed E-state index contributed by atoms with van der Waals surface area (Å²) < 4.78 is 10.9. The van der Waals surface area contributed by atoms with E-state index in [1.54, 1.807) is 7.11 Å². The second-order valence-electron chi connectivity index (χ2n) is 7.12. The molecule has 0 bridgehead atoms. The van der Waals surface area contributed by atoms with Gasteiger partial charge in [0, 0.05) is 25.1 Å². The van der Waals surface area contributed by atoms with Crippen molar-refractivity contribution < 1.29 is 14.6 Å². The molecule has 0 amide bonds. The van der Waals surface area contributed by atoms with Crippen molar-refractivity contribution in [3.63, 3.8) is 0 Å². The number of nitrogens with zero attached hydrogens (tertiary/aromatic N) is 2. The summed E-state index contributed by atoms with van der Waals surface area (Å²) in [6.45, 7) is 5.01. The fourth-order valence-corrected chi connectivity index (χ4v) is 4.06. The quantitative estimate of drug-likeness (QED) is 0.918. The van der Waals surface area contributed by atoms with Gasteiger partial charge in [-0.15, -0.1) is 0 Å². The van der Waals surface area contributed by atoms with Gasteiger partial charge in [-0.1, -0.05) is 6.07 Å². The summed E-state index contributed by atoms with van der Waals surface area (Å²) in [5, 5.41) is 20.0. The predicted molar refractivity (Wildman–Crippen MR) is 90.7 cm³/mol. The summed E-state index contributed by atoms with van der Waals surface area (Å²) in [6, 6.07) is 8.31. The van der Waals surface area contributed by atoms with E-state index < -0.39 is 5.60 Å². The SMILES string of the molecule is COc1ccc(CN2CCC[C@@H]2[C@@H]2COCC[C@]2(C)O)cc1C#N. The molecule has 24 heavy (non-hydrogen) atoms. The number of rotatable bonds is 4. The number of methoxy groups -OCH3 is 1. The number of benzene rings is 1. The van der Waals surface area contributed by atoms with Crippen molar-refractivity contribution in [2.45, 2.75) is 44.4 Å². The highest BCUT2D eigenvalue weighted by Crippen LogP contribution is 2.36. The maximum atomic E-state index is 10.8. The van der Waals surface area contributed by atoms with Gasteiger partial charge in [0.05, 0.1) is 24.9 Å². The lowest BCUT2D eigenvalue weighted by molar-refractivity contribution is -0.123. The van der Waals surface area contributed by atoms with Crippen molar-refractivity contribution in [3.8, 4) is 11.8 Å². The molecule has 2 aliphatic heterocycles. The van der Waals surface area contributed by atoms with Gasteiger partial charge < -0.3 is 14.6 Å². The summed E-state index contributed by atoms with van der Waals surface area (Å²) in [7, 11) is 1.58. The lowest BCUT2D eigenvalue weighted by Crippen LogP contribution is -2.52. The van der Waals surface area contributed by atoms with Gasteiger partial charge in [-0.25, -0.2) is 0 Å². The molecule has 130 valence electrons. The lowest BCUT2D eigenvalue weighted by atomic mass is 9.79. The van der Waals surface area contributed by atoms with Crippen molar-refractivity contribution in [2.24, 2.45) is 5.92 Å². The Morgan fingerprint density at radius 1 is 1.50 bits per heavy atom. The van der Waals surface area contributed by atoms with Gasteiger partial charge in [0.15, 0.2) is 0 Å². The van der Waals surface area contributed by atoms with Crippen molar-refractivity contribution in [1.82, 2.24) is 4.90 Å². The Morgan fingerprint density at radius 2 is 2.33 bits per heavy atom. The smallest absolute Gasteiger partial charge is 0.136 e. The molecular weight excluding hydrogens is 304 g/mol. The molecule has 0 spiro atoms. The van der Waals surface area contributed by atoms with Crippen LogP contribution in [-0.2, 0) is 11.3 Å². The molecule has 0 unspecified atom stereocenters. The van der Waals surface area contributed by atoms with Gasteiger partial charge in [0.25, 0.3) is 0 Å². The summed E-state index contributed by atoms with van der Waals surface area (Å²) in [4.78, 5) is 2.43. The second-order valence-corrected chi connectivity index (χ2v) is 7.12. The molecule has 3 rings (SSSR count). The number of ether oxygens (including phenoxy) is 2. The number of aliphatic hydroxyl groups is 1. The summed E-state index contributed by atoms with van der Waals surface area (Å²) >= 11 is 0. The van der Waals surface area contributed by atoms with E-state index in [0.717, 1.165) is 31.5 Å². The third-order valence-electron chi connectivity index (χ3n) is 5.50. The maximum Gasteiger partial charge on any atom is 0.136 e. The van der Waals surface area contributed by atoms with Crippen LogP contribution in [-0.4, -0.2) is 48.5 Å². The molecule has 0 aromatic heterocycles. The molecule has 5 nitrogen and oxygen atoms in total. The Hall–Kier alpha value is -1.61. The van der Waals surface area contributed by atoms with Gasteiger partial charge >= 0.3 is 0 Å². The largest absolute Gasteiger partial charge is 0.495 e. The topological polar surface area (TPSA) is 65.7 Å². The zero-order valence-electron chi connectivity index (χ0n) is 14.5. The molecule has 3 atom stereocenters. The highest BCUT2D eigenvalue weighted by molar-refractivity contribution is 5.45. The van der Waals surface area contributed by atoms with E-state index in [0.29, 0.717) is 37.0 Å². The third-order valence-corrected chi connectivity index (χ3v) is 5.50. The van der Waals surface area contributed by atoms with Crippen molar-refractivity contribution in [1.29, 1.82) is 5.26 Å². The molecule has 2 saturated heterocycles. The van der Waals surface area contributed by atoms with E-state index in [-0.39, 0.29) is 5.92 Å². The highest BCUT2D eigenvalue weighted by Gasteiger charge is 2.43. The second kappa shape index (κ2) is 7.10. The van der Waals surface area contributed by atoms with Crippen LogP contribution >= 0.6 is 0 Å². The van der Waals surface area contributed by atoms with Crippen LogP contribution in [0.15, 0.2) is 18.2 Å². The summed E-state index contributed by atoms with van der Waals surface area (Å²) in [6.07, 6.45) is 2.92. The van der Waals surface area contributed by atoms with E-state index in [4.69, 9.17) is 9.47 Å². The monoisotopic (exact) mass is 330 g/mol. The Kier molecular flexibility index (Phi) is 5.09. The highest BCUT2D eigenvalue weighted by atomic mass is 16.5. The third kappa shape index (κ3) is 3.41. The molecule has 2 aliphatic rings. The molecule has 2 heterocycles. The van der Waals surface area contributed by atoms with Gasteiger partial charge in [0.2, 0.25) is 0 Å². The minimum atomic E-state index is -0.663. The standard InChI is InChI=1S/C19H26N2O3/c1-19(22)7-9-24-13-16(19)17-4-3-8-21(17)12-14-5-6-18(23-2)15(10-14)11-20/h5-6,10,16-17,22H,3-4,7-9,12-13H2,1-2H3/t16-,17+,19-/m0/s1. The van der Waals surface area contributed by atoms with Gasteiger partial charge in [-0.2, -0.15) is 5.26 Å². The molecular formula is C19H26N2O3. The van der Waals surface area contributed by atoms with Crippen molar-refractivity contribution in [3.05, 3.63) is 29.3 Å². The van der Waals surface area contributed by atoms with Crippen LogP contribution in [0.1, 0.15) is 37.3 Å². The Morgan fingerprint density at radius 3 is 3.04 bits per heavy atom. The van der Waals surface area contributed by atoms with Crippen LogP contribution in [0, 0.1) is 17.2 Å². The van der Waals surface area contributed by atoms with Crippen LogP contribution < -0.4 is 4.74 Å². The van der Waals surface area contributed by atoms with E-state index >= 15 is 0 Å². The first kappa shape index (κ1) is 17.2. The zero-order valence-corrected chi connectivity index (χ0v) is 14.5. The minimum Gasteiger partial charge on any atom is -0.495 e. The predicted octanol–water partition coefficient (Wildman–Crippen LogP) is 2.32. The zero-order chi connectivity index (χ0) is 17.2. The van der Waals surface area contributed by atoms with Crippen LogP contribution in [0.2, 0.25) is 0 Å². The normalized spacial score (nSPS) is 30.9. The fourth-order valence-electron chi connectivity index (χ4n) is 4.06. The average Bonchev–Trinajstić information content (AvgIpc) is 3.02. The Labute approximate surface area is 143 Å². The maximum absolute atomic E-state index is 10.8. The van der Waals surface area contributed by atoms with E-state index in [1.807, 2.05) is 25.1 Å². The first-order valence-electron chi connectivity index (χ1n) is 8.66. The first-order valence-corrected chi connectivity index (χ1v) is 8.66. The average molecular weight is 330 g/mol. The van der Waals surface area contributed by atoms with Gasteiger partial charge in [0.1, 0.15) is 11.8 Å². The van der Waals surface area contributed by atoms with E-state index in [9.17, 15) is 10.4 Å². The molecule has 2 fully saturated rings. The molecule has 0 saturated carbocycles. The fraction of sp³-hybridized carbons (Fsp3) is 0.632. The van der Waals surface area contributed by atoms with E-state index in [2.05, 4.69) is 11.0 Å². The van der Waals surface area contributed by atoms with Crippen LogP contribution in [0.4, 0.5) is 0 Å². The van der Waals surface area contributed by atoms with Crippen LogP contribution in [0.3, 0.4) is 0 Å². The van der Waals surface area contributed by atoms with Gasteiger partial charge in [-0.3, -0.25) is 4.90 Å². The molecule has 1 N–H and O–H groups in total. The molecule has 1 aromatic carbocycles. The number of hydrogen-bond acceptors (Lipinski definition) is 5. The molecule has 5 heteroatoms. The lowest BCUT2D eigenvalue weighted by Gasteiger charge is -2.43. The molecule has 0 radical (unpaired) electrons. The first-order chi connectivity index (χ1) is 11.5. The minimum absolute atomic E-state index is 0.141. The number of hydrogen-bond donors (Lipinski definition) is 1. The molecule has 0 aliphatic carbocycles. The molecule has 1 aromatic rings. The van der Waals surface area contributed by atoms with Crippen LogP contribution in [0.25, 0.3) is 0 Å². The van der Waals surface area contributed by atoms with Crippen LogP contribution in [0.5, 0.6) is 5.75 Å². The number of nitriles is 1. The number of likely N-dealkylation sites (tertiary alicyclic amines) is 1. The summed E-state index contributed by atoms with van der Waals surface area (Å²) in [5.41, 5.74) is 1.01. The Balaban J connectivity index is 1.76. The summed E-state index contributed by atoms with van der Waals surface area (Å²) in [5.74, 6) is 0.755. The van der Waals surface area contributed by atoms with Crippen molar-refractivity contribution in [2.75, 3.05) is 26.9 Å².